The topological polar surface area (TPSA) is 64.1 Å². The molecular weight excluding hydrogens is 302 g/mol. The number of amides is 1. The SMILES string of the molecule is COc1nc(C)c(NC(=O)/C=C/c2ccc(Cl)cc2)c(C)n1. The molecule has 1 amide bonds. The van der Waals surface area contributed by atoms with Crippen LogP contribution in [0, 0.1) is 13.8 Å². The molecule has 114 valence electrons. The van der Waals surface area contributed by atoms with E-state index in [1.54, 1.807) is 32.1 Å². The quantitative estimate of drug-likeness (QED) is 0.878. The third-order valence-electron chi connectivity index (χ3n) is 2.98. The Kier molecular flexibility index (Phi) is 5.12. The Morgan fingerprint density at radius 2 is 1.77 bits per heavy atom. The van der Waals surface area contributed by atoms with Crippen molar-refractivity contribution in [1.29, 1.82) is 0 Å². The molecule has 0 unspecified atom stereocenters. The largest absolute Gasteiger partial charge is 0.467 e. The monoisotopic (exact) mass is 317 g/mol. The Hall–Kier alpha value is -2.40. The summed E-state index contributed by atoms with van der Waals surface area (Å²) in [6, 6.07) is 7.48. The van der Waals surface area contributed by atoms with Gasteiger partial charge in [0.1, 0.15) is 0 Å². The van der Waals surface area contributed by atoms with Gasteiger partial charge in [-0.3, -0.25) is 4.79 Å². The summed E-state index contributed by atoms with van der Waals surface area (Å²) < 4.78 is 4.99. The Labute approximate surface area is 134 Å². The molecular formula is C16H16ClN3O2. The first-order chi connectivity index (χ1) is 10.5. The molecule has 22 heavy (non-hydrogen) atoms. The maximum absolute atomic E-state index is 12.0. The van der Waals surface area contributed by atoms with Gasteiger partial charge in [-0.2, -0.15) is 9.97 Å². The van der Waals surface area contributed by atoms with Crippen molar-refractivity contribution >= 4 is 29.3 Å². The minimum absolute atomic E-state index is 0.255. The maximum Gasteiger partial charge on any atom is 0.316 e. The number of benzene rings is 1. The zero-order chi connectivity index (χ0) is 16.1. The second-order valence-corrected chi connectivity index (χ2v) is 5.07. The molecule has 0 atom stereocenters. The lowest BCUT2D eigenvalue weighted by Crippen LogP contribution is -2.12. The van der Waals surface area contributed by atoms with Gasteiger partial charge in [-0.1, -0.05) is 23.7 Å². The van der Waals surface area contributed by atoms with Crippen LogP contribution < -0.4 is 10.1 Å². The highest BCUT2D eigenvalue weighted by Gasteiger charge is 2.10. The number of anilines is 1. The van der Waals surface area contributed by atoms with Crippen LogP contribution in [0.1, 0.15) is 17.0 Å². The van der Waals surface area contributed by atoms with Crippen molar-refractivity contribution in [3.05, 3.63) is 52.3 Å². The number of methoxy groups -OCH3 is 1. The minimum atomic E-state index is -0.255. The van der Waals surface area contributed by atoms with Gasteiger partial charge in [0.05, 0.1) is 24.2 Å². The second-order valence-electron chi connectivity index (χ2n) is 4.63. The van der Waals surface area contributed by atoms with E-state index in [1.807, 2.05) is 12.1 Å². The third-order valence-corrected chi connectivity index (χ3v) is 3.23. The van der Waals surface area contributed by atoms with E-state index in [1.165, 1.54) is 13.2 Å². The van der Waals surface area contributed by atoms with Crippen LogP contribution in [0.15, 0.2) is 30.3 Å². The van der Waals surface area contributed by atoms with Crippen LogP contribution in [-0.4, -0.2) is 23.0 Å². The molecule has 0 spiro atoms. The molecule has 1 aromatic heterocycles. The van der Waals surface area contributed by atoms with Crippen molar-refractivity contribution < 1.29 is 9.53 Å². The summed E-state index contributed by atoms with van der Waals surface area (Å²) in [4.78, 5) is 20.3. The number of aryl methyl sites for hydroxylation is 2. The first-order valence-electron chi connectivity index (χ1n) is 6.63. The number of ether oxygens (including phenoxy) is 1. The number of aromatic nitrogens is 2. The lowest BCUT2D eigenvalue weighted by molar-refractivity contribution is -0.111. The first kappa shape index (κ1) is 16.0. The van der Waals surface area contributed by atoms with E-state index < -0.39 is 0 Å². The molecule has 2 rings (SSSR count). The Balaban J connectivity index is 2.10. The average Bonchev–Trinajstić information content (AvgIpc) is 2.50. The van der Waals surface area contributed by atoms with Gasteiger partial charge in [0.2, 0.25) is 5.91 Å². The fourth-order valence-corrected chi connectivity index (χ4v) is 1.99. The van der Waals surface area contributed by atoms with Crippen molar-refractivity contribution in [2.45, 2.75) is 13.8 Å². The summed E-state index contributed by atoms with van der Waals surface area (Å²) in [5, 5.41) is 3.43. The van der Waals surface area contributed by atoms with E-state index >= 15 is 0 Å². The maximum atomic E-state index is 12.0. The minimum Gasteiger partial charge on any atom is -0.467 e. The highest BCUT2D eigenvalue weighted by molar-refractivity contribution is 6.30. The van der Waals surface area contributed by atoms with Crippen molar-refractivity contribution in [3.63, 3.8) is 0 Å². The predicted molar refractivity (Wildman–Crippen MR) is 87.2 cm³/mol. The van der Waals surface area contributed by atoms with E-state index in [-0.39, 0.29) is 11.9 Å². The van der Waals surface area contributed by atoms with Gasteiger partial charge >= 0.3 is 6.01 Å². The second kappa shape index (κ2) is 7.04. The van der Waals surface area contributed by atoms with Gasteiger partial charge in [-0.05, 0) is 37.6 Å². The van der Waals surface area contributed by atoms with Crippen molar-refractivity contribution in [3.8, 4) is 6.01 Å². The fraction of sp³-hybridized carbons (Fsp3) is 0.188. The third kappa shape index (κ3) is 4.05. The van der Waals surface area contributed by atoms with Gasteiger partial charge in [0.15, 0.2) is 0 Å². The van der Waals surface area contributed by atoms with Crippen molar-refractivity contribution in [1.82, 2.24) is 9.97 Å². The summed E-state index contributed by atoms with van der Waals surface area (Å²) in [6.07, 6.45) is 3.16. The van der Waals surface area contributed by atoms with Crippen molar-refractivity contribution in [2.24, 2.45) is 0 Å². The van der Waals surface area contributed by atoms with Gasteiger partial charge in [0.25, 0.3) is 0 Å². The number of carbonyl (C=O) groups is 1. The van der Waals surface area contributed by atoms with E-state index in [0.717, 1.165) is 5.56 Å². The molecule has 1 aromatic carbocycles. The van der Waals surface area contributed by atoms with E-state index in [4.69, 9.17) is 16.3 Å². The molecule has 0 fully saturated rings. The van der Waals surface area contributed by atoms with Gasteiger partial charge < -0.3 is 10.1 Å². The first-order valence-corrected chi connectivity index (χ1v) is 7.01. The van der Waals surface area contributed by atoms with E-state index in [0.29, 0.717) is 22.1 Å². The molecule has 0 radical (unpaired) electrons. The highest BCUT2D eigenvalue weighted by atomic mass is 35.5. The zero-order valence-corrected chi connectivity index (χ0v) is 13.3. The number of nitrogens with one attached hydrogen (secondary N) is 1. The van der Waals surface area contributed by atoms with Crippen LogP contribution in [0.4, 0.5) is 5.69 Å². The Bertz CT molecular complexity index is 689. The number of halogens is 1. The zero-order valence-electron chi connectivity index (χ0n) is 12.6. The summed E-state index contributed by atoms with van der Waals surface area (Å²) in [7, 11) is 1.50. The predicted octanol–water partition coefficient (Wildman–Crippen LogP) is 3.41. The molecule has 0 saturated carbocycles. The van der Waals surface area contributed by atoms with Gasteiger partial charge in [-0.15, -0.1) is 0 Å². The number of hydrogen-bond donors (Lipinski definition) is 1. The number of carbonyl (C=O) groups excluding carboxylic acids is 1. The molecule has 2 aromatic rings. The molecule has 0 bridgehead atoms. The van der Waals surface area contributed by atoms with Crippen LogP contribution in [0.5, 0.6) is 6.01 Å². The lowest BCUT2D eigenvalue weighted by atomic mass is 10.2. The molecule has 6 heteroatoms. The lowest BCUT2D eigenvalue weighted by Gasteiger charge is -2.10. The van der Waals surface area contributed by atoms with Crippen LogP contribution in [0.2, 0.25) is 5.02 Å². The molecule has 5 nitrogen and oxygen atoms in total. The summed E-state index contributed by atoms with van der Waals surface area (Å²) in [5.74, 6) is -0.255. The standard InChI is InChI=1S/C16H16ClN3O2/c1-10-15(11(2)19-16(18-10)22-3)20-14(21)9-6-12-4-7-13(17)8-5-12/h4-9H,1-3H3,(H,20,21)/b9-6+. The number of nitrogens with zero attached hydrogens (tertiary/aromatic N) is 2. The van der Waals surface area contributed by atoms with Crippen LogP contribution >= 0.6 is 11.6 Å². The van der Waals surface area contributed by atoms with E-state index in [2.05, 4.69) is 15.3 Å². The summed E-state index contributed by atoms with van der Waals surface area (Å²) in [6.45, 7) is 3.57. The molecule has 0 aliphatic carbocycles. The smallest absolute Gasteiger partial charge is 0.316 e. The van der Waals surface area contributed by atoms with Crippen LogP contribution in [0.25, 0.3) is 6.08 Å². The van der Waals surface area contributed by atoms with Crippen LogP contribution in [0.3, 0.4) is 0 Å². The van der Waals surface area contributed by atoms with E-state index in [9.17, 15) is 4.79 Å². The Morgan fingerprint density at radius 3 is 2.32 bits per heavy atom. The van der Waals surface area contributed by atoms with Crippen molar-refractivity contribution in [2.75, 3.05) is 12.4 Å². The number of hydrogen-bond acceptors (Lipinski definition) is 4. The van der Waals surface area contributed by atoms with Gasteiger partial charge in [0, 0.05) is 11.1 Å². The normalized spacial score (nSPS) is 10.7. The molecule has 0 aliphatic rings. The highest BCUT2D eigenvalue weighted by Crippen LogP contribution is 2.19. The molecule has 1 N–H and O–H groups in total. The Morgan fingerprint density at radius 1 is 1.18 bits per heavy atom. The molecule has 1 heterocycles. The molecule has 0 aliphatic heterocycles. The summed E-state index contributed by atoms with van der Waals surface area (Å²) >= 11 is 5.81. The molecule has 0 saturated heterocycles. The fourth-order valence-electron chi connectivity index (χ4n) is 1.87. The van der Waals surface area contributed by atoms with Gasteiger partial charge in [-0.25, -0.2) is 0 Å². The average molecular weight is 318 g/mol. The summed E-state index contributed by atoms with van der Waals surface area (Å²) in [5.41, 5.74) is 2.78. The number of rotatable bonds is 4. The van der Waals surface area contributed by atoms with Crippen LogP contribution in [-0.2, 0) is 4.79 Å².